The van der Waals surface area contributed by atoms with Crippen molar-refractivity contribution in [2.45, 2.75) is 58.7 Å². The van der Waals surface area contributed by atoms with Gasteiger partial charge in [-0.3, -0.25) is 4.90 Å². The SMILES string of the molecule is CCOc1cc(CN2C(C)CCCC2C)ccc1O. The summed E-state index contributed by atoms with van der Waals surface area (Å²) in [6.45, 7) is 8.05. The van der Waals surface area contributed by atoms with Crippen LogP contribution in [-0.2, 0) is 6.54 Å². The lowest BCUT2D eigenvalue weighted by Crippen LogP contribution is -2.42. The van der Waals surface area contributed by atoms with Crippen LogP contribution in [0.2, 0.25) is 0 Å². The lowest BCUT2D eigenvalue weighted by molar-refractivity contribution is 0.0951. The normalized spacial score (nSPS) is 24.4. The molecule has 106 valence electrons. The van der Waals surface area contributed by atoms with Gasteiger partial charge in [0.05, 0.1) is 6.61 Å². The van der Waals surface area contributed by atoms with E-state index in [0.717, 1.165) is 6.54 Å². The highest BCUT2D eigenvalue weighted by molar-refractivity contribution is 5.41. The molecular formula is C16H25NO2. The molecule has 2 unspecified atom stereocenters. The number of nitrogens with zero attached hydrogens (tertiary/aromatic N) is 1. The molecule has 0 saturated carbocycles. The molecule has 3 nitrogen and oxygen atoms in total. The number of rotatable bonds is 4. The van der Waals surface area contributed by atoms with Crippen molar-refractivity contribution in [1.29, 1.82) is 0 Å². The first-order chi connectivity index (χ1) is 9.11. The molecule has 19 heavy (non-hydrogen) atoms. The number of benzene rings is 1. The molecule has 2 atom stereocenters. The van der Waals surface area contributed by atoms with Crippen molar-refractivity contribution in [3.8, 4) is 11.5 Å². The summed E-state index contributed by atoms with van der Waals surface area (Å²) in [5.41, 5.74) is 1.21. The minimum Gasteiger partial charge on any atom is -0.504 e. The lowest BCUT2D eigenvalue weighted by atomic mass is 9.96. The summed E-state index contributed by atoms with van der Waals surface area (Å²) in [5.74, 6) is 0.822. The van der Waals surface area contributed by atoms with Crippen LogP contribution in [0.3, 0.4) is 0 Å². The van der Waals surface area contributed by atoms with Crippen molar-refractivity contribution < 1.29 is 9.84 Å². The van der Waals surface area contributed by atoms with E-state index in [4.69, 9.17) is 4.74 Å². The minimum absolute atomic E-state index is 0.227. The molecule has 0 aromatic heterocycles. The Morgan fingerprint density at radius 1 is 1.26 bits per heavy atom. The maximum atomic E-state index is 9.74. The monoisotopic (exact) mass is 263 g/mol. The van der Waals surface area contributed by atoms with Gasteiger partial charge in [0.25, 0.3) is 0 Å². The molecule has 1 aromatic carbocycles. The fourth-order valence-corrected chi connectivity index (χ4v) is 2.93. The van der Waals surface area contributed by atoms with E-state index in [0.29, 0.717) is 24.4 Å². The Bertz CT molecular complexity index is 409. The first kappa shape index (κ1) is 14.2. The van der Waals surface area contributed by atoms with Crippen LogP contribution in [0.15, 0.2) is 18.2 Å². The highest BCUT2D eigenvalue weighted by Crippen LogP contribution is 2.29. The molecule has 1 fully saturated rings. The average molecular weight is 263 g/mol. The van der Waals surface area contributed by atoms with Gasteiger partial charge in [0, 0.05) is 18.6 Å². The first-order valence-electron chi connectivity index (χ1n) is 7.32. The molecular weight excluding hydrogens is 238 g/mol. The summed E-state index contributed by atoms with van der Waals surface area (Å²) in [6, 6.07) is 6.96. The Hall–Kier alpha value is -1.22. The van der Waals surface area contributed by atoms with Gasteiger partial charge in [0.15, 0.2) is 11.5 Å². The summed E-state index contributed by atoms with van der Waals surface area (Å²) >= 11 is 0. The van der Waals surface area contributed by atoms with Crippen LogP contribution >= 0.6 is 0 Å². The van der Waals surface area contributed by atoms with Crippen molar-refractivity contribution in [3.05, 3.63) is 23.8 Å². The Morgan fingerprint density at radius 3 is 2.58 bits per heavy atom. The zero-order chi connectivity index (χ0) is 13.8. The van der Waals surface area contributed by atoms with E-state index >= 15 is 0 Å². The number of hydrogen-bond donors (Lipinski definition) is 1. The van der Waals surface area contributed by atoms with Crippen molar-refractivity contribution >= 4 is 0 Å². The second kappa shape index (κ2) is 6.29. The van der Waals surface area contributed by atoms with Crippen molar-refractivity contribution in [3.63, 3.8) is 0 Å². The smallest absolute Gasteiger partial charge is 0.161 e. The van der Waals surface area contributed by atoms with Gasteiger partial charge in [0.2, 0.25) is 0 Å². The largest absolute Gasteiger partial charge is 0.504 e. The van der Waals surface area contributed by atoms with Gasteiger partial charge in [-0.1, -0.05) is 12.5 Å². The van der Waals surface area contributed by atoms with Crippen LogP contribution in [0.5, 0.6) is 11.5 Å². The van der Waals surface area contributed by atoms with Crippen LogP contribution in [0.1, 0.15) is 45.6 Å². The van der Waals surface area contributed by atoms with Gasteiger partial charge < -0.3 is 9.84 Å². The second-order valence-electron chi connectivity index (χ2n) is 5.54. The maximum absolute atomic E-state index is 9.74. The number of hydrogen-bond acceptors (Lipinski definition) is 3. The number of phenolic OH excluding ortho intramolecular Hbond substituents is 1. The van der Waals surface area contributed by atoms with Crippen LogP contribution < -0.4 is 4.74 Å². The molecule has 0 bridgehead atoms. The molecule has 2 rings (SSSR count). The lowest BCUT2D eigenvalue weighted by Gasteiger charge is -2.39. The van der Waals surface area contributed by atoms with Crippen LogP contribution in [0, 0.1) is 0 Å². The number of aromatic hydroxyl groups is 1. The Morgan fingerprint density at radius 2 is 1.95 bits per heavy atom. The molecule has 1 aliphatic heterocycles. The number of phenols is 1. The van der Waals surface area contributed by atoms with Crippen molar-refractivity contribution in [2.24, 2.45) is 0 Å². The molecule has 0 spiro atoms. The molecule has 1 heterocycles. The van der Waals surface area contributed by atoms with Gasteiger partial charge in [-0.25, -0.2) is 0 Å². The highest BCUT2D eigenvalue weighted by Gasteiger charge is 2.24. The molecule has 1 saturated heterocycles. The van der Waals surface area contributed by atoms with E-state index in [1.165, 1.54) is 24.8 Å². The van der Waals surface area contributed by atoms with E-state index in [9.17, 15) is 5.11 Å². The van der Waals surface area contributed by atoms with Crippen molar-refractivity contribution in [2.75, 3.05) is 6.61 Å². The fourth-order valence-electron chi connectivity index (χ4n) is 2.93. The molecule has 0 radical (unpaired) electrons. The summed E-state index contributed by atoms with van der Waals surface area (Å²) < 4.78 is 5.45. The predicted octanol–water partition coefficient (Wildman–Crippen LogP) is 3.55. The van der Waals surface area contributed by atoms with Gasteiger partial charge in [-0.05, 0) is 51.3 Å². The molecule has 3 heteroatoms. The summed E-state index contributed by atoms with van der Waals surface area (Å²) in [4.78, 5) is 2.55. The Kier molecular flexibility index (Phi) is 4.70. The van der Waals surface area contributed by atoms with E-state index in [1.807, 2.05) is 19.1 Å². The quantitative estimate of drug-likeness (QED) is 0.901. The third kappa shape index (κ3) is 3.41. The minimum atomic E-state index is 0.227. The standard InChI is InChI=1S/C16H25NO2/c1-4-19-16-10-14(8-9-15(16)18)11-17-12(2)6-5-7-13(17)3/h8-10,12-13,18H,4-7,11H2,1-3H3. The maximum Gasteiger partial charge on any atom is 0.161 e. The third-order valence-corrected chi connectivity index (χ3v) is 4.07. The summed E-state index contributed by atoms with van der Waals surface area (Å²) in [6.07, 6.45) is 3.89. The van der Waals surface area contributed by atoms with E-state index in [1.54, 1.807) is 6.07 Å². The summed E-state index contributed by atoms with van der Waals surface area (Å²) in [7, 11) is 0. The molecule has 1 aromatic rings. The number of likely N-dealkylation sites (tertiary alicyclic amines) is 1. The zero-order valence-corrected chi connectivity index (χ0v) is 12.2. The zero-order valence-electron chi connectivity index (χ0n) is 12.2. The summed E-state index contributed by atoms with van der Waals surface area (Å²) in [5, 5.41) is 9.74. The first-order valence-corrected chi connectivity index (χ1v) is 7.32. The molecule has 1 aliphatic rings. The van der Waals surface area contributed by atoms with Crippen LogP contribution in [0.4, 0.5) is 0 Å². The third-order valence-electron chi connectivity index (χ3n) is 4.07. The van der Waals surface area contributed by atoms with Gasteiger partial charge in [-0.2, -0.15) is 0 Å². The van der Waals surface area contributed by atoms with Crippen LogP contribution in [-0.4, -0.2) is 28.7 Å². The van der Waals surface area contributed by atoms with E-state index in [-0.39, 0.29) is 5.75 Å². The number of piperidine rings is 1. The van der Waals surface area contributed by atoms with Gasteiger partial charge in [-0.15, -0.1) is 0 Å². The molecule has 0 amide bonds. The fraction of sp³-hybridized carbons (Fsp3) is 0.625. The predicted molar refractivity (Wildman–Crippen MR) is 77.6 cm³/mol. The van der Waals surface area contributed by atoms with E-state index in [2.05, 4.69) is 18.7 Å². The number of ether oxygens (including phenoxy) is 1. The van der Waals surface area contributed by atoms with Gasteiger partial charge >= 0.3 is 0 Å². The highest BCUT2D eigenvalue weighted by atomic mass is 16.5. The van der Waals surface area contributed by atoms with Crippen LogP contribution in [0.25, 0.3) is 0 Å². The molecule has 0 aliphatic carbocycles. The van der Waals surface area contributed by atoms with Gasteiger partial charge in [0.1, 0.15) is 0 Å². The average Bonchev–Trinajstić information content (AvgIpc) is 2.38. The second-order valence-corrected chi connectivity index (χ2v) is 5.54. The van der Waals surface area contributed by atoms with Crippen molar-refractivity contribution in [1.82, 2.24) is 4.90 Å². The Labute approximate surface area is 116 Å². The Balaban J connectivity index is 2.11. The topological polar surface area (TPSA) is 32.7 Å². The molecule has 1 N–H and O–H groups in total. The van der Waals surface area contributed by atoms with E-state index < -0.39 is 0 Å².